The molecular weight excluding hydrogens is 356 g/mol. The Morgan fingerprint density at radius 1 is 1.16 bits per heavy atom. The van der Waals surface area contributed by atoms with Crippen molar-refractivity contribution in [3.05, 3.63) is 51.4 Å². The second-order valence-corrected chi connectivity index (χ2v) is 8.06. The fraction of sp³-hybridized carbons (Fsp3) is 0.421. The minimum atomic E-state index is 0.135. The highest BCUT2D eigenvalue weighted by atomic mass is 35.5. The maximum Gasteiger partial charge on any atom is 0.264 e. The molecule has 1 unspecified atom stereocenters. The standard InChI is InChI=1S/C19H21ClN2O2S/c1-21-7-6-15(13-2-4-14(20)5-3-13)16-12-17(25-18(16)19(21)23)22-8-10-24-11-9-22/h2-5,12,15H,6-11H2,1H3. The van der Waals surface area contributed by atoms with Crippen molar-refractivity contribution in [2.45, 2.75) is 12.3 Å². The zero-order valence-corrected chi connectivity index (χ0v) is 15.8. The van der Waals surface area contributed by atoms with E-state index in [0.29, 0.717) is 0 Å². The highest BCUT2D eigenvalue weighted by Crippen LogP contribution is 2.41. The smallest absolute Gasteiger partial charge is 0.264 e. The number of halogens is 1. The number of thiophene rings is 1. The molecule has 1 saturated heterocycles. The summed E-state index contributed by atoms with van der Waals surface area (Å²) in [5, 5.41) is 1.92. The van der Waals surface area contributed by atoms with Crippen molar-refractivity contribution in [1.82, 2.24) is 4.90 Å². The van der Waals surface area contributed by atoms with Crippen LogP contribution in [0.1, 0.15) is 33.1 Å². The third-order valence-corrected chi connectivity index (χ3v) is 6.46. The minimum absolute atomic E-state index is 0.135. The van der Waals surface area contributed by atoms with Crippen LogP contribution < -0.4 is 4.90 Å². The number of rotatable bonds is 2. The van der Waals surface area contributed by atoms with E-state index in [2.05, 4.69) is 23.1 Å². The fourth-order valence-corrected chi connectivity index (χ4v) is 4.95. The molecule has 1 fully saturated rings. The molecule has 0 saturated carbocycles. The lowest BCUT2D eigenvalue weighted by molar-refractivity contribution is 0.0804. The summed E-state index contributed by atoms with van der Waals surface area (Å²) in [5.41, 5.74) is 2.38. The van der Waals surface area contributed by atoms with Crippen LogP contribution in [0, 0.1) is 0 Å². The number of carbonyl (C=O) groups is 1. The molecule has 0 spiro atoms. The van der Waals surface area contributed by atoms with E-state index in [1.807, 2.05) is 24.1 Å². The van der Waals surface area contributed by atoms with E-state index in [-0.39, 0.29) is 11.8 Å². The van der Waals surface area contributed by atoms with Gasteiger partial charge in [0, 0.05) is 37.6 Å². The van der Waals surface area contributed by atoms with Gasteiger partial charge < -0.3 is 14.5 Å². The minimum Gasteiger partial charge on any atom is -0.378 e. The molecule has 0 radical (unpaired) electrons. The third kappa shape index (κ3) is 3.28. The molecule has 6 heteroatoms. The first kappa shape index (κ1) is 16.9. The average molecular weight is 377 g/mol. The highest BCUT2D eigenvalue weighted by Gasteiger charge is 2.31. The van der Waals surface area contributed by atoms with Gasteiger partial charge in [-0.05, 0) is 35.7 Å². The average Bonchev–Trinajstić information content (AvgIpc) is 3.04. The molecular formula is C19H21ClN2O2S. The van der Waals surface area contributed by atoms with Crippen LogP contribution in [0.15, 0.2) is 30.3 Å². The van der Waals surface area contributed by atoms with Gasteiger partial charge in [0.1, 0.15) is 0 Å². The van der Waals surface area contributed by atoms with Crippen LogP contribution in [-0.4, -0.2) is 50.7 Å². The summed E-state index contributed by atoms with van der Waals surface area (Å²) in [6, 6.07) is 10.3. The molecule has 2 aliphatic heterocycles. The molecule has 1 amide bonds. The number of nitrogens with zero attached hydrogens (tertiary/aromatic N) is 2. The first-order valence-corrected chi connectivity index (χ1v) is 9.80. The Balaban J connectivity index is 1.75. The summed E-state index contributed by atoms with van der Waals surface area (Å²) in [5.74, 6) is 0.364. The lowest BCUT2D eigenvalue weighted by Gasteiger charge is -2.27. The second kappa shape index (κ2) is 6.98. The van der Waals surface area contributed by atoms with Gasteiger partial charge >= 0.3 is 0 Å². The number of anilines is 1. The number of benzene rings is 1. The largest absolute Gasteiger partial charge is 0.378 e. The van der Waals surface area contributed by atoms with Gasteiger partial charge in [-0.2, -0.15) is 0 Å². The molecule has 1 atom stereocenters. The van der Waals surface area contributed by atoms with Crippen LogP contribution in [0.4, 0.5) is 5.00 Å². The zero-order chi connectivity index (χ0) is 17.4. The van der Waals surface area contributed by atoms with E-state index in [9.17, 15) is 4.79 Å². The number of hydrogen-bond acceptors (Lipinski definition) is 4. The van der Waals surface area contributed by atoms with E-state index in [1.165, 1.54) is 10.6 Å². The van der Waals surface area contributed by atoms with Crippen molar-refractivity contribution in [2.24, 2.45) is 0 Å². The quantitative estimate of drug-likeness (QED) is 0.798. The predicted molar refractivity (Wildman–Crippen MR) is 102 cm³/mol. The van der Waals surface area contributed by atoms with Crippen LogP contribution in [0.2, 0.25) is 5.02 Å². The molecule has 1 aromatic carbocycles. The van der Waals surface area contributed by atoms with E-state index < -0.39 is 0 Å². The molecule has 3 heterocycles. The van der Waals surface area contributed by atoms with E-state index in [4.69, 9.17) is 16.3 Å². The van der Waals surface area contributed by atoms with Gasteiger partial charge in [-0.25, -0.2) is 0 Å². The molecule has 4 nitrogen and oxygen atoms in total. The lowest BCUT2D eigenvalue weighted by atomic mass is 9.89. The number of hydrogen-bond donors (Lipinski definition) is 0. The van der Waals surface area contributed by atoms with E-state index in [0.717, 1.165) is 54.7 Å². The van der Waals surface area contributed by atoms with Crippen LogP contribution in [0.3, 0.4) is 0 Å². The van der Waals surface area contributed by atoms with Gasteiger partial charge in [-0.15, -0.1) is 11.3 Å². The first-order valence-electron chi connectivity index (χ1n) is 8.61. The first-order chi connectivity index (χ1) is 12.1. The van der Waals surface area contributed by atoms with Crippen molar-refractivity contribution in [3.63, 3.8) is 0 Å². The SMILES string of the molecule is CN1CCC(c2ccc(Cl)cc2)c2cc(N3CCOCC3)sc2C1=O. The van der Waals surface area contributed by atoms with Crippen molar-refractivity contribution in [3.8, 4) is 0 Å². The fourth-order valence-electron chi connectivity index (χ4n) is 3.55. The van der Waals surface area contributed by atoms with Gasteiger partial charge in [0.15, 0.2) is 0 Å². The van der Waals surface area contributed by atoms with Crippen LogP contribution in [-0.2, 0) is 4.74 Å². The topological polar surface area (TPSA) is 32.8 Å². The van der Waals surface area contributed by atoms with Gasteiger partial charge in [0.05, 0.1) is 23.1 Å². The Kier molecular flexibility index (Phi) is 4.71. The number of ether oxygens (including phenoxy) is 1. The molecule has 0 aliphatic carbocycles. The van der Waals surface area contributed by atoms with Crippen molar-refractivity contribution >= 4 is 33.8 Å². The lowest BCUT2D eigenvalue weighted by Crippen LogP contribution is -2.35. The van der Waals surface area contributed by atoms with Gasteiger partial charge in [0.2, 0.25) is 0 Å². The highest BCUT2D eigenvalue weighted by molar-refractivity contribution is 7.18. The molecule has 1 aromatic heterocycles. The molecule has 2 aromatic rings. The molecule has 0 N–H and O–H groups in total. The molecule has 0 bridgehead atoms. The third-order valence-electron chi connectivity index (χ3n) is 5.01. The van der Waals surface area contributed by atoms with Crippen LogP contribution in [0.5, 0.6) is 0 Å². The Bertz CT molecular complexity index is 768. The Hall–Kier alpha value is -1.56. The normalized spacial score (nSPS) is 21.2. The Morgan fingerprint density at radius 3 is 2.60 bits per heavy atom. The Labute approximate surface area is 156 Å². The number of fused-ring (bicyclic) bond motifs is 1. The van der Waals surface area contributed by atoms with Crippen molar-refractivity contribution < 1.29 is 9.53 Å². The zero-order valence-electron chi connectivity index (χ0n) is 14.2. The monoisotopic (exact) mass is 376 g/mol. The van der Waals surface area contributed by atoms with Gasteiger partial charge in [-0.1, -0.05) is 23.7 Å². The summed E-state index contributed by atoms with van der Waals surface area (Å²) in [6.07, 6.45) is 0.927. The van der Waals surface area contributed by atoms with Crippen LogP contribution >= 0.6 is 22.9 Å². The molecule has 4 rings (SSSR count). The maximum atomic E-state index is 12.8. The van der Waals surface area contributed by atoms with Gasteiger partial charge in [-0.3, -0.25) is 4.79 Å². The molecule has 2 aliphatic rings. The van der Waals surface area contributed by atoms with E-state index in [1.54, 1.807) is 11.3 Å². The van der Waals surface area contributed by atoms with Crippen molar-refractivity contribution in [1.29, 1.82) is 0 Å². The number of carbonyl (C=O) groups excluding carboxylic acids is 1. The van der Waals surface area contributed by atoms with E-state index >= 15 is 0 Å². The van der Waals surface area contributed by atoms with Crippen molar-refractivity contribution in [2.75, 3.05) is 44.8 Å². The number of morpholine rings is 1. The molecule has 132 valence electrons. The summed E-state index contributed by atoms with van der Waals surface area (Å²) >= 11 is 7.68. The van der Waals surface area contributed by atoms with Crippen LogP contribution in [0.25, 0.3) is 0 Å². The number of amides is 1. The summed E-state index contributed by atoms with van der Waals surface area (Å²) in [6.45, 7) is 4.03. The summed E-state index contributed by atoms with van der Waals surface area (Å²) < 4.78 is 5.46. The Morgan fingerprint density at radius 2 is 1.88 bits per heavy atom. The summed E-state index contributed by atoms with van der Waals surface area (Å²) in [7, 11) is 1.89. The molecule has 25 heavy (non-hydrogen) atoms. The maximum absolute atomic E-state index is 12.8. The second-order valence-electron chi connectivity index (χ2n) is 6.59. The van der Waals surface area contributed by atoms with Gasteiger partial charge in [0.25, 0.3) is 5.91 Å². The predicted octanol–water partition coefficient (Wildman–Crippen LogP) is 3.85. The summed E-state index contributed by atoms with van der Waals surface area (Å²) in [4.78, 5) is 17.9.